The normalized spacial score (nSPS) is 10.1. The average Bonchev–Trinajstić information content (AvgIpc) is 2.16. The molecule has 0 spiro atoms. The van der Waals surface area contributed by atoms with Crippen molar-refractivity contribution in [2.24, 2.45) is 5.73 Å². The summed E-state index contributed by atoms with van der Waals surface area (Å²) >= 11 is 0. The monoisotopic (exact) mass is 206 g/mol. The number of anilines is 1. The van der Waals surface area contributed by atoms with Gasteiger partial charge in [0.15, 0.2) is 0 Å². The Labute approximate surface area is 90.8 Å². The van der Waals surface area contributed by atoms with E-state index in [2.05, 4.69) is 16.5 Å². The fraction of sp³-hybridized carbons (Fsp3) is 0.455. The lowest BCUT2D eigenvalue weighted by molar-refractivity contribution is 0.882. The standard InChI is InChI=1S/C11H18N4/c1-8(2)7-15(4)11-13-6-10(5-12)9(3)14-11/h6H,1,5,7,12H2,2-4H3. The molecule has 15 heavy (non-hydrogen) atoms. The Morgan fingerprint density at radius 3 is 2.73 bits per heavy atom. The number of nitrogens with zero attached hydrogens (tertiary/aromatic N) is 3. The summed E-state index contributed by atoms with van der Waals surface area (Å²) in [4.78, 5) is 10.6. The van der Waals surface area contributed by atoms with Crippen LogP contribution in [0.5, 0.6) is 0 Å². The minimum Gasteiger partial charge on any atom is -0.340 e. The fourth-order valence-corrected chi connectivity index (χ4v) is 1.34. The molecule has 2 N–H and O–H groups in total. The van der Waals surface area contributed by atoms with E-state index in [-0.39, 0.29) is 0 Å². The van der Waals surface area contributed by atoms with Crippen molar-refractivity contribution < 1.29 is 0 Å². The number of rotatable bonds is 4. The molecule has 1 heterocycles. The first kappa shape index (κ1) is 11.7. The van der Waals surface area contributed by atoms with Crippen LogP contribution in [0.15, 0.2) is 18.3 Å². The molecule has 1 aromatic heterocycles. The van der Waals surface area contributed by atoms with Crippen molar-refractivity contribution in [3.05, 3.63) is 29.6 Å². The quantitative estimate of drug-likeness (QED) is 0.753. The number of hydrogen-bond donors (Lipinski definition) is 1. The number of likely N-dealkylation sites (N-methyl/N-ethyl adjacent to an activating group) is 1. The van der Waals surface area contributed by atoms with Crippen LogP contribution >= 0.6 is 0 Å². The molecule has 0 fully saturated rings. The topological polar surface area (TPSA) is 55.0 Å². The van der Waals surface area contributed by atoms with Crippen LogP contribution in [0.2, 0.25) is 0 Å². The van der Waals surface area contributed by atoms with Gasteiger partial charge in [-0.25, -0.2) is 9.97 Å². The molecule has 0 radical (unpaired) electrons. The van der Waals surface area contributed by atoms with Gasteiger partial charge in [-0.15, -0.1) is 0 Å². The van der Waals surface area contributed by atoms with Gasteiger partial charge in [0.2, 0.25) is 5.95 Å². The van der Waals surface area contributed by atoms with Gasteiger partial charge in [-0.2, -0.15) is 0 Å². The second-order valence-electron chi connectivity index (χ2n) is 3.80. The summed E-state index contributed by atoms with van der Waals surface area (Å²) in [6.07, 6.45) is 1.78. The highest BCUT2D eigenvalue weighted by molar-refractivity contribution is 5.33. The van der Waals surface area contributed by atoms with Crippen molar-refractivity contribution in [2.45, 2.75) is 20.4 Å². The maximum Gasteiger partial charge on any atom is 0.225 e. The van der Waals surface area contributed by atoms with Gasteiger partial charge < -0.3 is 10.6 Å². The second-order valence-corrected chi connectivity index (χ2v) is 3.80. The number of aromatic nitrogens is 2. The zero-order valence-electron chi connectivity index (χ0n) is 9.62. The highest BCUT2D eigenvalue weighted by Gasteiger charge is 2.06. The van der Waals surface area contributed by atoms with Gasteiger partial charge in [0.25, 0.3) is 0 Å². The molecule has 0 saturated heterocycles. The van der Waals surface area contributed by atoms with Gasteiger partial charge in [0.05, 0.1) is 0 Å². The van der Waals surface area contributed by atoms with Gasteiger partial charge >= 0.3 is 0 Å². The molecule has 1 rings (SSSR count). The maximum atomic E-state index is 5.55. The van der Waals surface area contributed by atoms with Crippen molar-refractivity contribution in [1.82, 2.24) is 9.97 Å². The van der Waals surface area contributed by atoms with Crippen LogP contribution in [0.25, 0.3) is 0 Å². The minimum atomic E-state index is 0.482. The summed E-state index contributed by atoms with van der Waals surface area (Å²) in [5.74, 6) is 0.715. The Kier molecular flexibility index (Phi) is 3.80. The number of hydrogen-bond acceptors (Lipinski definition) is 4. The first-order valence-corrected chi connectivity index (χ1v) is 4.92. The van der Waals surface area contributed by atoms with Crippen molar-refractivity contribution in [3.63, 3.8) is 0 Å². The van der Waals surface area contributed by atoms with E-state index in [0.717, 1.165) is 23.4 Å². The van der Waals surface area contributed by atoms with Gasteiger partial charge in [-0.1, -0.05) is 12.2 Å². The summed E-state index contributed by atoms with van der Waals surface area (Å²) in [6.45, 7) is 9.04. The maximum absolute atomic E-state index is 5.55. The van der Waals surface area contributed by atoms with Crippen LogP contribution in [-0.2, 0) is 6.54 Å². The lowest BCUT2D eigenvalue weighted by Gasteiger charge is -2.17. The predicted octanol–water partition coefficient (Wildman–Crippen LogP) is 1.26. The van der Waals surface area contributed by atoms with E-state index in [4.69, 9.17) is 5.73 Å². The molecule has 0 unspecified atom stereocenters. The molecule has 0 atom stereocenters. The van der Waals surface area contributed by atoms with E-state index in [1.807, 2.05) is 25.8 Å². The third-order valence-corrected chi connectivity index (χ3v) is 2.14. The van der Waals surface area contributed by atoms with Gasteiger partial charge in [0.1, 0.15) is 0 Å². The van der Waals surface area contributed by atoms with Crippen LogP contribution in [-0.4, -0.2) is 23.6 Å². The van der Waals surface area contributed by atoms with Crippen molar-refractivity contribution in [2.75, 3.05) is 18.5 Å². The molecule has 0 aliphatic rings. The minimum absolute atomic E-state index is 0.482. The van der Waals surface area contributed by atoms with E-state index >= 15 is 0 Å². The van der Waals surface area contributed by atoms with Crippen molar-refractivity contribution in [3.8, 4) is 0 Å². The zero-order chi connectivity index (χ0) is 11.4. The highest BCUT2D eigenvalue weighted by atomic mass is 15.2. The van der Waals surface area contributed by atoms with Crippen molar-refractivity contribution >= 4 is 5.95 Å². The molecule has 4 heteroatoms. The van der Waals surface area contributed by atoms with E-state index in [1.165, 1.54) is 0 Å². The molecule has 1 aromatic rings. The fourth-order valence-electron chi connectivity index (χ4n) is 1.34. The first-order valence-electron chi connectivity index (χ1n) is 4.92. The molecule has 0 saturated carbocycles. The molecule has 0 aromatic carbocycles. The Balaban J connectivity index is 2.87. The molecule has 4 nitrogen and oxygen atoms in total. The third-order valence-electron chi connectivity index (χ3n) is 2.14. The summed E-state index contributed by atoms with van der Waals surface area (Å²) in [7, 11) is 1.95. The number of aryl methyl sites for hydroxylation is 1. The van der Waals surface area contributed by atoms with Crippen LogP contribution in [0.4, 0.5) is 5.95 Å². The van der Waals surface area contributed by atoms with Crippen LogP contribution in [0, 0.1) is 6.92 Å². The lowest BCUT2D eigenvalue weighted by Crippen LogP contribution is -2.22. The highest BCUT2D eigenvalue weighted by Crippen LogP contribution is 2.10. The summed E-state index contributed by atoms with van der Waals surface area (Å²) < 4.78 is 0. The SMILES string of the molecule is C=C(C)CN(C)c1ncc(CN)c(C)n1. The molecule has 0 bridgehead atoms. The molecule has 82 valence electrons. The number of nitrogens with two attached hydrogens (primary N) is 1. The summed E-state index contributed by atoms with van der Waals surface area (Å²) in [6, 6.07) is 0. The van der Waals surface area contributed by atoms with Crippen LogP contribution in [0.1, 0.15) is 18.2 Å². The van der Waals surface area contributed by atoms with Crippen LogP contribution < -0.4 is 10.6 Å². The summed E-state index contributed by atoms with van der Waals surface area (Å²) in [5.41, 5.74) is 8.56. The third kappa shape index (κ3) is 3.02. The smallest absolute Gasteiger partial charge is 0.225 e. The molecule has 0 amide bonds. The largest absolute Gasteiger partial charge is 0.340 e. The van der Waals surface area contributed by atoms with Gasteiger partial charge in [0, 0.05) is 37.6 Å². The Morgan fingerprint density at radius 2 is 2.27 bits per heavy atom. The second kappa shape index (κ2) is 4.89. The van der Waals surface area contributed by atoms with E-state index < -0.39 is 0 Å². The average molecular weight is 206 g/mol. The van der Waals surface area contributed by atoms with E-state index in [0.29, 0.717) is 12.5 Å². The Hall–Kier alpha value is -1.42. The van der Waals surface area contributed by atoms with Crippen molar-refractivity contribution in [1.29, 1.82) is 0 Å². The predicted molar refractivity (Wildman–Crippen MR) is 62.7 cm³/mol. The molecule has 0 aliphatic heterocycles. The Morgan fingerprint density at radius 1 is 1.60 bits per heavy atom. The van der Waals surface area contributed by atoms with Gasteiger partial charge in [-0.05, 0) is 13.8 Å². The van der Waals surface area contributed by atoms with Gasteiger partial charge in [-0.3, -0.25) is 0 Å². The zero-order valence-corrected chi connectivity index (χ0v) is 9.62. The van der Waals surface area contributed by atoms with E-state index in [1.54, 1.807) is 6.20 Å². The first-order chi connectivity index (χ1) is 7.04. The molecular formula is C11H18N4. The summed E-state index contributed by atoms with van der Waals surface area (Å²) in [5, 5.41) is 0. The molecule has 0 aliphatic carbocycles. The van der Waals surface area contributed by atoms with E-state index in [9.17, 15) is 0 Å². The molecular weight excluding hydrogens is 188 g/mol. The van der Waals surface area contributed by atoms with Crippen LogP contribution in [0.3, 0.4) is 0 Å². The lowest BCUT2D eigenvalue weighted by atomic mass is 10.2. The Bertz CT molecular complexity index is 360.